The normalized spacial score (nSPS) is 27.5. The van der Waals surface area contributed by atoms with Gasteiger partial charge in [-0.3, -0.25) is 19.4 Å². The number of pyridine rings is 1. The first-order valence-corrected chi connectivity index (χ1v) is 18.3. The first-order valence-electron chi connectivity index (χ1n) is 16.8. The molecule has 2 fully saturated rings. The molecule has 3 N–H and O–H groups in total. The highest BCUT2D eigenvalue weighted by atomic mass is 35.5. The molecule has 7 atom stereocenters. The Morgan fingerprint density at radius 3 is 2.63 bits per heavy atom. The first kappa shape index (κ1) is 34.8. The van der Waals surface area contributed by atoms with Gasteiger partial charge < -0.3 is 39.2 Å². The minimum atomic E-state index is -1.12. The predicted octanol–water partition coefficient (Wildman–Crippen LogP) is 3.50. The van der Waals surface area contributed by atoms with E-state index in [0.29, 0.717) is 45.9 Å². The summed E-state index contributed by atoms with van der Waals surface area (Å²) in [6.07, 6.45) is 0.819. The summed E-state index contributed by atoms with van der Waals surface area (Å²) in [6, 6.07) is 1.60. The van der Waals surface area contributed by atoms with Crippen molar-refractivity contribution in [2.45, 2.75) is 68.9 Å². The molecule has 16 heteroatoms. The van der Waals surface area contributed by atoms with Crippen molar-refractivity contribution in [3.63, 3.8) is 0 Å². The molecular formula is C36H37ClN4O10S. The van der Waals surface area contributed by atoms with Gasteiger partial charge in [0.1, 0.15) is 29.8 Å². The molecule has 4 bridgehead atoms. The highest BCUT2D eigenvalue weighted by molar-refractivity contribution is 7.99. The molecule has 0 saturated carbocycles. The number of nitrogens with one attached hydrogen (secondary N) is 1. The summed E-state index contributed by atoms with van der Waals surface area (Å²) in [5.74, 6) is -0.358. The lowest BCUT2D eigenvalue weighted by Crippen LogP contribution is -2.69. The van der Waals surface area contributed by atoms with Crippen LogP contribution in [0.3, 0.4) is 0 Å². The smallest absolute Gasteiger partial charge is 0.329 e. The van der Waals surface area contributed by atoms with Crippen LogP contribution in [-0.4, -0.2) is 101 Å². The SMILES string of the molecule is COc1c(C)cc2c(c1O)[C@@H]1[C@@H]3[C@@H]4SC[C@H](NC(=O)c5cccnc5Cl)C(=O)OC[C@@H](c5c6c(c(C)c(OC(C)=O)c54)OCO6)N3[C@@H](O)[C@H](C2)N1C. The van der Waals surface area contributed by atoms with Gasteiger partial charge in [-0.2, -0.15) is 0 Å². The molecule has 2 saturated heterocycles. The van der Waals surface area contributed by atoms with Gasteiger partial charge >= 0.3 is 11.9 Å². The first-order chi connectivity index (χ1) is 24.9. The van der Waals surface area contributed by atoms with Crippen LogP contribution in [0.1, 0.15) is 68.0 Å². The maximum Gasteiger partial charge on any atom is 0.329 e. The number of aromatic hydroxyl groups is 1. The molecule has 0 radical (unpaired) electrons. The van der Waals surface area contributed by atoms with Crippen LogP contribution >= 0.6 is 23.4 Å². The molecule has 9 rings (SSSR count). The monoisotopic (exact) mass is 752 g/mol. The zero-order chi connectivity index (χ0) is 36.7. The van der Waals surface area contributed by atoms with Crippen molar-refractivity contribution in [1.29, 1.82) is 0 Å². The number of likely N-dealkylation sites (N-methyl/N-ethyl adjacent to an activating group) is 1. The van der Waals surface area contributed by atoms with Gasteiger partial charge in [-0.15, -0.1) is 11.8 Å². The minimum absolute atomic E-state index is 0.00863. The minimum Gasteiger partial charge on any atom is -0.504 e. The van der Waals surface area contributed by atoms with E-state index in [1.165, 1.54) is 38.1 Å². The van der Waals surface area contributed by atoms with Crippen LogP contribution in [0, 0.1) is 13.8 Å². The Morgan fingerprint density at radius 2 is 1.90 bits per heavy atom. The van der Waals surface area contributed by atoms with E-state index in [4.69, 9.17) is 35.3 Å². The molecule has 0 unspecified atom stereocenters. The maximum atomic E-state index is 13.8. The zero-order valence-electron chi connectivity index (χ0n) is 29.0. The van der Waals surface area contributed by atoms with Crippen molar-refractivity contribution in [1.82, 2.24) is 20.1 Å². The van der Waals surface area contributed by atoms with Crippen LogP contribution < -0.4 is 24.3 Å². The van der Waals surface area contributed by atoms with Crippen molar-refractivity contribution in [2.75, 3.05) is 33.3 Å². The van der Waals surface area contributed by atoms with Gasteiger partial charge in [0.15, 0.2) is 23.0 Å². The number of piperazine rings is 1. The average molecular weight is 753 g/mol. The molecule has 1 aromatic heterocycles. The van der Waals surface area contributed by atoms with Crippen LogP contribution in [0.15, 0.2) is 24.4 Å². The number of amides is 1. The summed E-state index contributed by atoms with van der Waals surface area (Å²) in [5.41, 5.74) is 4.15. The molecule has 0 aliphatic carbocycles. The van der Waals surface area contributed by atoms with Crippen molar-refractivity contribution in [3.8, 4) is 28.7 Å². The topological polar surface area (TPSA) is 169 Å². The number of rotatable bonds is 4. The Morgan fingerprint density at radius 1 is 1.13 bits per heavy atom. The van der Waals surface area contributed by atoms with Crippen molar-refractivity contribution >= 4 is 41.2 Å². The number of hydrogen-bond acceptors (Lipinski definition) is 14. The number of nitrogens with zero attached hydrogens (tertiary/aromatic N) is 3. The van der Waals surface area contributed by atoms with Gasteiger partial charge in [-0.1, -0.05) is 17.7 Å². The lowest BCUT2D eigenvalue weighted by atomic mass is 9.73. The number of phenols is 1. The number of phenolic OH excluding ortho intramolecular Hbond substituents is 1. The van der Waals surface area contributed by atoms with Gasteiger partial charge in [0.2, 0.25) is 6.79 Å². The van der Waals surface area contributed by atoms with Crippen LogP contribution in [0.4, 0.5) is 0 Å². The third-order valence-electron chi connectivity index (χ3n) is 10.8. The number of aryl methyl sites for hydroxylation is 1. The number of ether oxygens (including phenoxy) is 5. The fourth-order valence-corrected chi connectivity index (χ4v) is 10.4. The second-order valence-corrected chi connectivity index (χ2v) is 15.1. The molecule has 6 aliphatic rings. The van der Waals surface area contributed by atoms with E-state index in [9.17, 15) is 24.6 Å². The maximum absolute atomic E-state index is 13.8. The van der Waals surface area contributed by atoms with E-state index in [2.05, 4.69) is 15.2 Å². The number of aromatic nitrogens is 1. The molecule has 2 aromatic carbocycles. The number of carbonyl (C=O) groups is 3. The number of methoxy groups -OCH3 is 1. The Bertz CT molecular complexity index is 2030. The van der Waals surface area contributed by atoms with Crippen LogP contribution in [0.25, 0.3) is 0 Å². The van der Waals surface area contributed by atoms with E-state index in [1.54, 1.807) is 13.0 Å². The van der Waals surface area contributed by atoms with E-state index in [0.717, 1.165) is 11.1 Å². The summed E-state index contributed by atoms with van der Waals surface area (Å²) in [4.78, 5) is 48.0. The largest absolute Gasteiger partial charge is 0.504 e. The number of thioether (sulfide) groups is 1. The quantitative estimate of drug-likeness (QED) is 0.201. The van der Waals surface area contributed by atoms with Gasteiger partial charge in [0.05, 0.1) is 36.0 Å². The third-order valence-corrected chi connectivity index (χ3v) is 12.5. The van der Waals surface area contributed by atoms with Gasteiger partial charge in [0, 0.05) is 47.2 Å². The highest BCUT2D eigenvalue weighted by Crippen LogP contribution is 2.63. The number of aliphatic hydroxyl groups excluding tert-OH is 1. The fraction of sp³-hybridized carbons (Fsp3) is 0.444. The zero-order valence-corrected chi connectivity index (χ0v) is 30.5. The lowest BCUT2D eigenvalue weighted by Gasteiger charge is -2.62. The van der Waals surface area contributed by atoms with Crippen molar-refractivity contribution in [3.05, 3.63) is 68.5 Å². The van der Waals surface area contributed by atoms with E-state index in [1.807, 2.05) is 24.9 Å². The summed E-state index contributed by atoms with van der Waals surface area (Å²) in [7, 11) is 3.43. The predicted molar refractivity (Wildman–Crippen MR) is 187 cm³/mol. The number of hydrogen-bond donors (Lipinski definition) is 3. The number of fused-ring (bicyclic) bond motifs is 10. The second-order valence-electron chi connectivity index (χ2n) is 13.6. The highest BCUT2D eigenvalue weighted by Gasteiger charge is 2.60. The lowest BCUT2D eigenvalue weighted by molar-refractivity contribution is -0.184. The summed E-state index contributed by atoms with van der Waals surface area (Å²) >= 11 is 7.56. The van der Waals surface area contributed by atoms with Gasteiger partial charge in [0.25, 0.3) is 5.91 Å². The Hall–Kier alpha value is -4.28. The second kappa shape index (κ2) is 13.0. The number of halogens is 1. The summed E-state index contributed by atoms with van der Waals surface area (Å²) < 4.78 is 29.7. The van der Waals surface area contributed by atoms with E-state index < -0.39 is 59.5 Å². The molecule has 0 spiro atoms. The van der Waals surface area contributed by atoms with Gasteiger partial charge in [-0.25, -0.2) is 9.78 Å². The summed E-state index contributed by atoms with van der Waals surface area (Å²) in [5, 5.41) is 26.4. The van der Waals surface area contributed by atoms with Crippen molar-refractivity contribution < 1.29 is 48.3 Å². The number of carbonyl (C=O) groups excluding carboxylic acids is 3. The molecule has 1 amide bonds. The van der Waals surface area contributed by atoms with E-state index >= 15 is 0 Å². The van der Waals surface area contributed by atoms with Gasteiger partial charge in [-0.05, 0) is 50.6 Å². The average Bonchev–Trinajstić information content (AvgIpc) is 3.60. The molecular weight excluding hydrogens is 716 g/mol. The Labute approximate surface area is 308 Å². The summed E-state index contributed by atoms with van der Waals surface area (Å²) in [6.45, 7) is 4.63. The van der Waals surface area contributed by atoms with E-state index in [-0.39, 0.29) is 41.4 Å². The Kier molecular flexibility index (Phi) is 8.69. The Balaban J connectivity index is 1.34. The fourth-order valence-electron chi connectivity index (χ4n) is 8.67. The van der Waals surface area contributed by atoms with Crippen molar-refractivity contribution in [2.24, 2.45) is 0 Å². The van der Waals surface area contributed by atoms with Crippen LogP contribution in [0.5, 0.6) is 28.7 Å². The molecule has 3 aromatic rings. The van der Waals surface area contributed by atoms with Crippen LogP contribution in [0.2, 0.25) is 5.15 Å². The number of aliphatic hydroxyl groups is 1. The molecule has 6 aliphatic heterocycles. The standard InChI is InChI=1S/C36H37ClN4O10S/c1-14-9-17-10-20-35(45)41-21-11-48-36(46)19(39-34(44)18-7-6-8-38-33(18)37)12-52-32(26(41)25(40(20)4)22(17)27(43)28(14)47-5)24-23(21)31-30(49-13-50-31)15(2)29(24)51-16(3)42/h6-9,19-21,25-26,32,35,43,45H,10-13H2,1-5H3,(H,39,44)/t19-,20-,21-,25+,26+,32+,35-/m0/s1. The molecule has 274 valence electrons. The molecule has 7 heterocycles. The number of benzene rings is 2. The number of esters is 2. The van der Waals surface area contributed by atoms with Crippen LogP contribution in [-0.2, 0) is 20.7 Å². The molecule has 52 heavy (non-hydrogen) atoms. The molecule has 14 nitrogen and oxygen atoms in total. The third kappa shape index (κ3) is 5.19.